The van der Waals surface area contributed by atoms with Gasteiger partial charge in [0.05, 0.1) is 5.56 Å². The molecule has 0 aliphatic rings. The first-order valence-electron chi connectivity index (χ1n) is 7.98. The third kappa shape index (κ3) is 4.95. The number of amides is 1. The van der Waals surface area contributed by atoms with Crippen LogP contribution in [-0.2, 0) is 17.8 Å². The van der Waals surface area contributed by atoms with Crippen LogP contribution in [0.3, 0.4) is 0 Å². The van der Waals surface area contributed by atoms with Crippen molar-refractivity contribution >= 4 is 11.9 Å². The first-order valence-corrected chi connectivity index (χ1v) is 7.98. The fourth-order valence-corrected chi connectivity index (χ4v) is 2.77. The van der Waals surface area contributed by atoms with Gasteiger partial charge in [0.2, 0.25) is 5.91 Å². The minimum absolute atomic E-state index is 0.0801. The highest BCUT2D eigenvalue weighted by atomic mass is 16.4. The maximum Gasteiger partial charge on any atom is 0.335 e. The van der Waals surface area contributed by atoms with E-state index in [-0.39, 0.29) is 11.5 Å². The molecule has 0 radical (unpaired) electrons. The van der Waals surface area contributed by atoms with Gasteiger partial charge in [0, 0.05) is 20.0 Å². The fraction of sp³-hybridized carbons (Fsp3) is 0.300. The van der Waals surface area contributed by atoms with Gasteiger partial charge < -0.3 is 10.0 Å². The van der Waals surface area contributed by atoms with Crippen LogP contribution in [0.15, 0.2) is 42.5 Å². The zero-order valence-electron chi connectivity index (χ0n) is 14.4. The number of nitrogens with zero attached hydrogens (tertiary/aromatic N) is 1. The van der Waals surface area contributed by atoms with E-state index in [0.717, 1.165) is 12.0 Å². The Kier molecular flexibility index (Phi) is 5.74. The van der Waals surface area contributed by atoms with E-state index in [4.69, 9.17) is 5.11 Å². The van der Waals surface area contributed by atoms with Gasteiger partial charge in [-0.05, 0) is 43.5 Å². The summed E-state index contributed by atoms with van der Waals surface area (Å²) in [7, 11) is 1.77. The van der Waals surface area contributed by atoms with Gasteiger partial charge in [-0.1, -0.05) is 41.5 Å². The van der Waals surface area contributed by atoms with E-state index in [0.29, 0.717) is 13.0 Å². The van der Waals surface area contributed by atoms with Gasteiger partial charge in [-0.15, -0.1) is 0 Å². The van der Waals surface area contributed by atoms with Crippen LogP contribution in [0.4, 0.5) is 0 Å². The molecule has 2 rings (SSSR count). The van der Waals surface area contributed by atoms with E-state index < -0.39 is 5.97 Å². The van der Waals surface area contributed by atoms with Crippen LogP contribution in [-0.4, -0.2) is 28.9 Å². The Hall–Kier alpha value is -2.62. The molecule has 126 valence electrons. The monoisotopic (exact) mass is 325 g/mol. The summed E-state index contributed by atoms with van der Waals surface area (Å²) < 4.78 is 0. The molecule has 4 nitrogen and oxygen atoms in total. The summed E-state index contributed by atoms with van der Waals surface area (Å²) in [5.41, 5.74) is 4.78. The van der Waals surface area contributed by atoms with E-state index in [2.05, 4.69) is 32.0 Å². The second-order valence-corrected chi connectivity index (χ2v) is 6.25. The number of carbonyl (C=O) groups is 2. The lowest BCUT2D eigenvalue weighted by Crippen LogP contribution is -2.26. The van der Waals surface area contributed by atoms with Gasteiger partial charge in [-0.3, -0.25) is 4.79 Å². The average molecular weight is 325 g/mol. The molecule has 0 bridgehead atoms. The lowest BCUT2D eigenvalue weighted by molar-refractivity contribution is -0.130. The average Bonchev–Trinajstić information content (AvgIpc) is 2.52. The Morgan fingerprint density at radius 1 is 0.958 bits per heavy atom. The Bertz CT molecular complexity index is 715. The fourth-order valence-electron chi connectivity index (χ4n) is 2.77. The summed E-state index contributed by atoms with van der Waals surface area (Å²) in [6.07, 6.45) is 1.19. The number of carboxylic acid groups (broad SMARTS) is 1. The minimum Gasteiger partial charge on any atom is -0.478 e. The molecule has 24 heavy (non-hydrogen) atoms. The summed E-state index contributed by atoms with van der Waals surface area (Å²) >= 11 is 0. The molecule has 0 aliphatic heterocycles. The normalized spacial score (nSPS) is 10.5. The van der Waals surface area contributed by atoms with Crippen LogP contribution in [0.5, 0.6) is 0 Å². The van der Waals surface area contributed by atoms with Crippen LogP contribution in [0.25, 0.3) is 0 Å². The third-order valence-electron chi connectivity index (χ3n) is 3.96. The number of hydrogen-bond donors (Lipinski definition) is 1. The van der Waals surface area contributed by atoms with Crippen molar-refractivity contribution in [3.05, 3.63) is 70.3 Å². The molecule has 0 fully saturated rings. The molecule has 0 atom stereocenters. The van der Waals surface area contributed by atoms with Crippen molar-refractivity contribution in [2.45, 2.75) is 33.2 Å². The van der Waals surface area contributed by atoms with E-state index in [1.165, 1.54) is 16.7 Å². The number of benzene rings is 2. The van der Waals surface area contributed by atoms with Crippen molar-refractivity contribution < 1.29 is 14.7 Å². The predicted molar refractivity (Wildman–Crippen MR) is 94.1 cm³/mol. The van der Waals surface area contributed by atoms with Gasteiger partial charge in [0.25, 0.3) is 0 Å². The molecule has 0 aliphatic carbocycles. The minimum atomic E-state index is -0.945. The first kappa shape index (κ1) is 17.7. The molecule has 2 aromatic rings. The van der Waals surface area contributed by atoms with Crippen LogP contribution in [0.1, 0.15) is 39.0 Å². The molecule has 0 spiro atoms. The molecular formula is C20H23NO3. The molecule has 4 heteroatoms. The zero-order chi connectivity index (χ0) is 17.7. The number of aryl methyl sites for hydroxylation is 3. The molecule has 0 saturated heterocycles. The number of aromatic carboxylic acids is 1. The summed E-state index contributed by atoms with van der Waals surface area (Å²) in [4.78, 5) is 24.8. The number of carboxylic acids is 1. The molecule has 0 aromatic heterocycles. The standard InChI is InChI=1S/C20H23NO3/c1-14-10-15(2)12-17(11-14)6-9-19(22)21(3)13-16-4-7-18(8-5-16)20(23)24/h4-5,7-8,10-12H,6,9,13H2,1-3H3,(H,23,24). The van der Waals surface area contributed by atoms with E-state index in [9.17, 15) is 9.59 Å². The maximum atomic E-state index is 12.3. The van der Waals surface area contributed by atoms with Gasteiger partial charge in [0.15, 0.2) is 0 Å². The summed E-state index contributed by atoms with van der Waals surface area (Å²) in [5.74, 6) is -0.865. The van der Waals surface area contributed by atoms with Crippen molar-refractivity contribution in [3.63, 3.8) is 0 Å². The molecule has 2 aromatic carbocycles. The smallest absolute Gasteiger partial charge is 0.335 e. The molecule has 1 amide bonds. The Balaban J connectivity index is 1.90. The van der Waals surface area contributed by atoms with Crippen LogP contribution in [0.2, 0.25) is 0 Å². The maximum absolute atomic E-state index is 12.3. The van der Waals surface area contributed by atoms with Crippen LogP contribution < -0.4 is 0 Å². The molecule has 0 heterocycles. The van der Waals surface area contributed by atoms with Crippen molar-refractivity contribution in [2.24, 2.45) is 0 Å². The lowest BCUT2D eigenvalue weighted by Gasteiger charge is -2.17. The van der Waals surface area contributed by atoms with E-state index >= 15 is 0 Å². The van der Waals surface area contributed by atoms with E-state index in [1.54, 1.807) is 36.2 Å². The highest BCUT2D eigenvalue weighted by molar-refractivity contribution is 5.87. The van der Waals surface area contributed by atoms with Gasteiger partial charge >= 0.3 is 5.97 Å². The van der Waals surface area contributed by atoms with Crippen molar-refractivity contribution in [3.8, 4) is 0 Å². The zero-order valence-corrected chi connectivity index (χ0v) is 14.4. The SMILES string of the molecule is Cc1cc(C)cc(CCC(=O)N(C)Cc2ccc(C(=O)O)cc2)c1. The van der Waals surface area contributed by atoms with E-state index in [1.807, 2.05) is 0 Å². The highest BCUT2D eigenvalue weighted by Crippen LogP contribution is 2.12. The molecule has 0 unspecified atom stereocenters. The van der Waals surface area contributed by atoms with Crippen molar-refractivity contribution in [1.29, 1.82) is 0 Å². The number of hydrogen-bond acceptors (Lipinski definition) is 2. The number of rotatable bonds is 6. The first-order chi connectivity index (χ1) is 11.3. The van der Waals surface area contributed by atoms with Crippen LogP contribution in [0, 0.1) is 13.8 Å². The number of carbonyl (C=O) groups excluding carboxylic acids is 1. The van der Waals surface area contributed by atoms with Crippen molar-refractivity contribution in [2.75, 3.05) is 7.05 Å². The second kappa shape index (κ2) is 7.77. The van der Waals surface area contributed by atoms with Crippen LogP contribution >= 0.6 is 0 Å². The summed E-state index contributed by atoms with van der Waals surface area (Å²) in [5, 5.41) is 8.90. The highest BCUT2D eigenvalue weighted by Gasteiger charge is 2.10. The topological polar surface area (TPSA) is 57.6 Å². The summed E-state index contributed by atoms with van der Waals surface area (Å²) in [6, 6.07) is 13.0. The van der Waals surface area contributed by atoms with Gasteiger partial charge in [-0.2, -0.15) is 0 Å². The Morgan fingerprint density at radius 2 is 1.54 bits per heavy atom. The summed E-state index contributed by atoms with van der Waals surface area (Å²) in [6.45, 7) is 4.60. The third-order valence-corrected chi connectivity index (χ3v) is 3.96. The molecule has 0 saturated carbocycles. The Morgan fingerprint density at radius 3 is 2.08 bits per heavy atom. The second-order valence-electron chi connectivity index (χ2n) is 6.25. The molecule has 1 N–H and O–H groups in total. The van der Waals surface area contributed by atoms with Gasteiger partial charge in [-0.25, -0.2) is 4.79 Å². The molecular weight excluding hydrogens is 302 g/mol. The predicted octanol–water partition coefficient (Wildman–Crippen LogP) is 3.59. The largest absolute Gasteiger partial charge is 0.478 e. The quantitative estimate of drug-likeness (QED) is 0.883. The van der Waals surface area contributed by atoms with Gasteiger partial charge in [0.1, 0.15) is 0 Å². The lowest BCUT2D eigenvalue weighted by atomic mass is 10.0. The van der Waals surface area contributed by atoms with Crippen molar-refractivity contribution in [1.82, 2.24) is 4.90 Å². The Labute approximate surface area is 142 Å².